The number of hydrogen-bond donors (Lipinski definition) is 0. The molecule has 0 bridgehead atoms. The van der Waals surface area contributed by atoms with Crippen LogP contribution in [0.1, 0.15) is 27.7 Å². The number of pyridine rings is 1. The van der Waals surface area contributed by atoms with Crippen molar-refractivity contribution in [2.75, 3.05) is 36.0 Å². The van der Waals surface area contributed by atoms with Gasteiger partial charge in [0.05, 0.1) is 34.7 Å². The first-order chi connectivity index (χ1) is 14.1. The van der Waals surface area contributed by atoms with Crippen molar-refractivity contribution in [3.63, 3.8) is 0 Å². The molecule has 2 aliphatic heterocycles. The minimum absolute atomic E-state index is 0.0392. The summed E-state index contributed by atoms with van der Waals surface area (Å²) in [6.07, 6.45) is 1.35. The summed E-state index contributed by atoms with van der Waals surface area (Å²) >= 11 is 9.84. The fourth-order valence-electron chi connectivity index (χ4n) is 4.04. The van der Waals surface area contributed by atoms with Crippen LogP contribution < -0.4 is 9.80 Å². The number of aromatic nitrogens is 1. The molecular formula is C21H24BrClN4O3. The standard InChI is InChI=1S/C21H24BrClN4O3/c1-5-26-16-10-24-15-9-13(22)14(23)8-12(15)18(16)27-7-6-25(11-17(27)19(26)28)20(29)30-21(2,3)4/h8-10,17H,5-7,11H2,1-4H3/t17-/m1/s1. The van der Waals surface area contributed by atoms with Crippen LogP contribution in [0.5, 0.6) is 0 Å². The second-order valence-corrected chi connectivity index (χ2v) is 9.76. The summed E-state index contributed by atoms with van der Waals surface area (Å²) in [5.41, 5.74) is 1.92. The van der Waals surface area contributed by atoms with Crippen molar-refractivity contribution in [3.8, 4) is 0 Å². The third-order valence-corrected chi connectivity index (χ3v) is 6.54. The highest BCUT2D eigenvalue weighted by molar-refractivity contribution is 9.10. The fraction of sp³-hybridized carbons (Fsp3) is 0.476. The Hall–Kier alpha value is -2.06. The molecule has 160 valence electrons. The zero-order valence-corrected chi connectivity index (χ0v) is 19.7. The molecule has 4 rings (SSSR count). The number of hydrogen-bond acceptors (Lipinski definition) is 5. The van der Waals surface area contributed by atoms with Crippen molar-refractivity contribution in [1.82, 2.24) is 9.88 Å². The normalized spacial score (nSPS) is 19.1. The molecule has 1 atom stereocenters. The highest BCUT2D eigenvalue weighted by Gasteiger charge is 2.43. The molecule has 2 aliphatic rings. The van der Waals surface area contributed by atoms with E-state index >= 15 is 0 Å². The number of amides is 2. The molecule has 2 amide bonds. The molecule has 1 aromatic heterocycles. The maximum Gasteiger partial charge on any atom is 0.410 e. The number of ether oxygens (including phenoxy) is 1. The van der Waals surface area contributed by atoms with Crippen LogP contribution in [0.25, 0.3) is 10.9 Å². The lowest BCUT2D eigenvalue weighted by Gasteiger charge is -2.48. The first kappa shape index (κ1) is 21.2. The predicted octanol–water partition coefficient (Wildman–Crippen LogP) is 4.44. The molecule has 0 unspecified atom stereocenters. The maximum atomic E-state index is 13.3. The fourth-order valence-corrected chi connectivity index (χ4v) is 4.54. The van der Waals surface area contributed by atoms with E-state index in [9.17, 15) is 9.59 Å². The third kappa shape index (κ3) is 3.60. The van der Waals surface area contributed by atoms with E-state index in [-0.39, 0.29) is 12.5 Å². The van der Waals surface area contributed by atoms with Crippen molar-refractivity contribution in [1.29, 1.82) is 0 Å². The summed E-state index contributed by atoms with van der Waals surface area (Å²) in [5, 5.41) is 1.48. The summed E-state index contributed by atoms with van der Waals surface area (Å²) in [7, 11) is 0. The van der Waals surface area contributed by atoms with E-state index in [1.54, 1.807) is 16.0 Å². The van der Waals surface area contributed by atoms with E-state index in [0.717, 1.165) is 26.8 Å². The minimum atomic E-state index is -0.584. The Balaban J connectivity index is 1.77. The van der Waals surface area contributed by atoms with Gasteiger partial charge in [-0.1, -0.05) is 11.6 Å². The quantitative estimate of drug-likeness (QED) is 0.585. The molecule has 0 spiro atoms. The summed E-state index contributed by atoms with van der Waals surface area (Å²) < 4.78 is 6.30. The number of benzene rings is 1. The Labute approximate surface area is 189 Å². The van der Waals surface area contributed by atoms with Crippen molar-refractivity contribution < 1.29 is 14.3 Å². The van der Waals surface area contributed by atoms with Gasteiger partial charge < -0.3 is 19.4 Å². The van der Waals surface area contributed by atoms with Gasteiger partial charge in [0.2, 0.25) is 0 Å². The molecule has 9 heteroatoms. The number of nitrogens with zero attached hydrogens (tertiary/aromatic N) is 4. The van der Waals surface area contributed by atoms with Gasteiger partial charge in [-0.2, -0.15) is 0 Å². The van der Waals surface area contributed by atoms with E-state index in [1.807, 2.05) is 39.8 Å². The minimum Gasteiger partial charge on any atom is -0.444 e. The van der Waals surface area contributed by atoms with E-state index in [4.69, 9.17) is 16.3 Å². The van der Waals surface area contributed by atoms with Gasteiger partial charge in [-0.15, -0.1) is 0 Å². The summed E-state index contributed by atoms with van der Waals surface area (Å²) in [6.45, 7) is 9.22. The molecule has 0 aliphatic carbocycles. The topological polar surface area (TPSA) is 66.0 Å². The number of anilines is 2. The van der Waals surface area contributed by atoms with Crippen molar-refractivity contribution in [3.05, 3.63) is 27.8 Å². The van der Waals surface area contributed by atoms with E-state index < -0.39 is 17.7 Å². The summed E-state index contributed by atoms with van der Waals surface area (Å²) in [4.78, 5) is 35.9. The predicted molar refractivity (Wildman–Crippen MR) is 121 cm³/mol. The van der Waals surface area contributed by atoms with Crippen LogP contribution in [0.4, 0.5) is 16.2 Å². The average molecular weight is 496 g/mol. The van der Waals surface area contributed by atoms with Gasteiger partial charge in [-0.05, 0) is 55.8 Å². The van der Waals surface area contributed by atoms with Gasteiger partial charge in [-0.3, -0.25) is 9.78 Å². The lowest BCUT2D eigenvalue weighted by atomic mass is 10.0. The number of likely N-dealkylation sites (N-methyl/N-ethyl adjacent to an activating group) is 1. The number of carbonyl (C=O) groups is 2. The second-order valence-electron chi connectivity index (χ2n) is 8.49. The first-order valence-electron chi connectivity index (χ1n) is 9.94. The number of piperazine rings is 1. The molecular weight excluding hydrogens is 472 g/mol. The lowest BCUT2D eigenvalue weighted by Crippen LogP contribution is -2.63. The number of fused-ring (bicyclic) bond motifs is 5. The van der Waals surface area contributed by atoms with Crippen molar-refractivity contribution in [2.45, 2.75) is 39.3 Å². The van der Waals surface area contributed by atoms with Crippen LogP contribution in [-0.2, 0) is 9.53 Å². The number of carbonyl (C=O) groups excluding carboxylic acids is 2. The van der Waals surface area contributed by atoms with E-state index in [0.29, 0.717) is 24.7 Å². The molecule has 3 heterocycles. The maximum absolute atomic E-state index is 13.3. The molecule has 2 aromatic rings. The van der Waals surface area contributed by atoms with Crippen LogP contribution in [0.2, 0.25) is 5.02 Å². The highest BCUT2D eigenvalue weighted by atomic mass is 79.9. The lowest BCUT2D eigenvalue weighted by molar-refractivity contribution is -0.121. The molecule has 1 saturated heterocycles. The molecule has 1 aromatic carbocycles. The molecule has 7 nitrogen and oxygen atoms in total. The van der Waals surface area contributed by atoms with Gasteiger partial charge in [0.15, 0.2) is 0 Å². The largest absolute Gasteiger partial charge is 0.444 e. The Morgan fingerprint density at radius 2 is 2.07 bits per heavy atom. The van der Waals surface area contributed by atoms with Crippen molar-refractivity contribution in [2.24, 2.45) is 0 Å². The van der Waals surface area contributed by atoms with Crippen LogP contribution >= 0.6 is 27.5 Å². The zero-order valence-electron chi connectivity index (χ0n) is 17.4. The zero-order chi connectivity index (χ0) is 21.8. The van der Waals surface area contributed by atoms with Gasteiger partial charge in [0.1, 0.15) is 11.6 Å². The van der Waals surface area contributed by atoms with Gasteiger partial charge in [0, 0.05) is 29.5 Å². The average Bonchev–Trinajstić information content (AvgIpc) is 2.67. The molecule has 0 N–H and O–H groups in total. The SMILES string of the molecule is CCN1C(=O)[C@H]2CN(C(=O)OC(C)(C)C)CCN2c2c1cnc1cc(Br)c(Cl)cc21. The van der Waals surface area contributed by atoms with Crippen molar-refractivity contribution >= 4 is 61.8 Å². The molecule has 1 fully saturated rings. The Morgan fingerprint density at radius 3 is 2.73 bits per heavy atom. The molecule has 0 radical (unpaired) electrons. The summed E-state index contributed by atoms with van der Waals surface area (Å²) in [6, 6.07) is 3.29. The van der Waals surface area contributed by atoms with E-state index in [1.165, 1.54) is 0 Å². The van der Waals surface area contributed by atoms with E-state index in [2.05, 4.69) is 25.8 Å². The van der Waals surface area contributed by atoms with Crippen LogP contribution in [0.15, 0.2) is 22.8 Å². The second kappa shape index (κ2) is 7.57. The third-order valence-electron chi connectivity index (χ3n) is 5.34. The first-order valence-corrected chi connectivity index (χ1v) is 11.1. The molecule has 30 heavy (non-hydrogen) atoms. The Morgan fingerprint density at radius 1 is 1.33 bits per heavy atom. The smallest absolute Gasteiger partial charge is 0.410 e. The van der Waals surface area contributed by atoms with Gasteiger partial charge in [0.25, 0.3) is 5.91 Å². The van der Waals surface area contributed by atoms with Gasteiger partial charge in [-0.25, -0.2) is 4.79 Å². The van der Waals surface area contributed by atoms with Gasteiger partial charge >= 0.3 is 6.09 Å². The number of halogens is 2. The summed E-state index contributed by atoms with van der Waals surface area (Å²) in [5.74, 6) is -0.0392. The van der Waals surface area contributed by atoms with Crippen LogP contribution in [0.3, 0.4) is 0 Å². The highest BCUT2D eigenvalue weighted by Crippen LogP contribution is 2.43. The van der Waals surface area contributed by atoms with Crippen LogP contribution in [-0.4, -0.2) is 59.7 Å². The molecule has 0 saturated carbocycles. The Bertz CT molecular complexity index is 1040. The van der Waals surface area contributed by atoms with Crippen LogP contribution in [0, 0.1) is 0 Å². The monoisotopic (exact) mass is 494 g/mol. The Kier molecular flexibility index (Phi) is 5.34. The number of rotatable bonds is 1.